The van der Waals surface area contributed by atoms with Gasteiger partial charge in [-0.25, -0.2) is 4.18 Å². The monoisotopic (exact) mass is 420 g/mol. The lowest BCUT2D eigenvalue weighted by Gasteiger charge is -2.33. The van der Waals surface area contributed by atoms with E-state index in [9.17, 15) is 26.4 Å². The highest BCUT2D eigenvalue weighted by Crippen LogP contribution is 2.41. The molecule has 0 radical (unpaired) electrons. The lowest BCUT2D eigenvalue weighted by molar-refractivity contribution is -0.0602. The summed E-state index contributed by atoms with van der Waals surface area (Å²) in [5, 5.41) is 0. The average Bonchev–Trinajstić information content (AvgIpc) is 2.72. The Hall–Kier alpha value is -2.97. The minimum absolute atomic E-state index is 0.00224. The summed E-state index contributed by atoms with van der Waals surface area (Å²) in [4.78, 5) is 13.5. The first-order valence-corrected chi connectivity index (χ1v) is 9.82. The van der Waals surface area contributed by atoms with Gasteiger partial charge in [-0.05, 0) is 11.1 Å². The number of ketones is 1. The second kappa shape index (κ2) is 7.81. The standard InChI is InChI=1S/C21H15F3O4S/c22-21(23,24)29(26,27)28-20(17-12-6-2-7-13-17,18-14-8-3-9-15-18)19(25)16-10-4-1-5-11-16/h1-15H. The molecule has 0 heterocycles. The summed E-state index contributed by atoms with van der Waals surface area (Å²) in [6.07, 6.45) is 0. The Morgan fingerprint density at radius 3 is 1.45 bits per heavy atom. The first-order chi connectivity index (χ1) is 13.7. The van der Waals surface area contributed by atoms with E-state index < -0.39 is 27.0 Å². The predicted molar refractivity (Wildman–Crippen MR) is 100 cm³/mol. The Kier molecular flexibility index (Phi) is 5.59. The highest BCUT2D eigenvalue weighted by Gasteiger charge is 2.56. The van der Waals surface area contributed by atoms with E-state index in [-0.39, 0.29) is 16.7 Å². The summed E-state index contributed by atoms with van der Waals surface area (Å²) in [5.74, 6) is -0.941. The lowest BCUT2D eigenvalue weighted by Crippen LogP contribution is -2.44. The normalized spacial score (nSPS) is 12.5. The Morgan fingerprint density at radius 1 is 0.690 bits per heavy atom. The van der Waals surface area contributed by atoms with Crippen molar-refractivity contribution in [2.24, 2.45) is 0 Å². The van der Waals surface area contributed by atoms with E-state index in [1.165, 1.54) is 72.8 Å². The number of carbonyl (C=O) groups is 1. The van der Waals surface area contributed by atoms with Gasteiger partial charge in [0.2, 0.25) is 11.4 Å². The lowest BCUT2D eigenvalue weighted by atomic mass is 9.80. The van der Waals surface area contributed by atoms with Crippen LogP contribution in [0.3, 0.4) is 0 Å². The smallest absolute Gasteiger partial charge is 0.290 e. The van der Waals surface area contributed by atoms with Crippen molar-refractivity contribution in [2.45, 2.75) is 11.1 Å². The van der Waals surface area contributed by atoms with Crippen LogP contribution < -0.4 is 0 Å². The number of rotatable bonds is 6. The Balaban J connectivity index is 2.36. The molecule has 0 fully saturated rings. The van der Waals surface area contributed by atoms with Crippen molar-refractivity contribution in [3.63, 3.8) is 0 Å². The summed E-state index contributed by atoms with van der Waals surface area (Å²) < 4.78 is 68.6. The molecule has 0 spiro atoms. The summed E-state index contributed by atoms with van der Waals surface area (Å²) in [6, 6.07) is 21.9. The molecule has 0 bridgehead atoms. The molecular weight excluding hydrogens is 405 g/mol. The van der Waals surface area contributed by atoms with Gasteiger partial charge < -0.3 is 0 Å². The van der Waals surface area contributed by atoms with Gasteiger partial charge in [0.1, 0.15) is 0 Å². The van der Waals surface area contributed by atoms with Crippen LogP contribution in [0.4, 0.5) is 13.2 Å². The largest absolute Gasteiger partial charge is 0.523 e. The molecule has 3 rings (SSSR count). The SMILES string of the molecule is O=C(c1ccccc1)C(OS(=O)(=O)C(F)(F)F)(c1ccccc1)c1ccccc1. The number of hydrogen-bond acceptors (Lipinski definition) is 4. The second-order valence-electron chi connectivity index (χ2n) is 6.09. The third-order valence-corrected chi connectivity index (χ3v) is 5.27. The first-order valence-electron chi connectivity index (χ1n) is 8.41. The topological polar surface area (TPSA) is 60.4 Å². The van der Waals surface area contributed by atoms with Crippen LogP contribution >= 0.6 is 0 Å². The molecule has 0 saturated heterocycles. The van der Waals surface area contributed by atoms with Crippen LogP contribution in [0.15, 0.2) is 91.0 Å². The maximum absolute atomic E-state index is 13.5. The fraction of sp³-hybridized carbons (Fsp3) is 0.0952. The van der Waals surface area contributed by atoms with E-state index in [1.807, 2.05) is 0 Å². The van der Waals surface area contributed by atoms with Crippen molar-refractivity contribution in [1.29, 1.82) is 0 Å². The van der Waals surface area contributed by atoms with E-state index in [4.69, 9.17) is 4.18 Å². The van der Waals surface area contributed by atoms with E-state index in [1.54, 1.807) is 18.2 Å². The highest BCUT2D eigenvalue weighted by atomic mass is 32.2. The molecule has 0 aliphatic heterocycles. The zero-order chi connectivity index (χ0) is 21.1. The molecule has 0 atom stereocenters. The Labute approximate surface area is 165 Å². The third kappa shape index (κ3) is 3.94. The van der Waals surface area contributed by atoms with Gasteiger partial charge in [-0.15, -0.1) is 0 Å². The van der Waals surface area contributed by atoms with Crippen LogP contribution in [0.2, 0.25) is 0 Å². The van der Waals surface area contributed by atoms with Crippen molar-refractivity contribution in [3.8, 4) is 0 Å². The number of benzene rings is 3. The molecule has 0 aliphatic rings. The van der Waals surface area contributed by atoms with Gasteiger partial charge in [0.25, 0.3) is 0 Å². The van der Waals surface area contributed by atoms with Gasteiger partial charge in [0, 0.05) is 5.56 Å². The second-order valence-corrected chi connectivity index (χ2v) is 7.63. The average molecular weight is 420 g/mol. The number of hydrogen-bond donors (Lipinski definition) is 0. The molecule has 150 valence electrons. The van der Waals surface area contributed by atoms with Crippen molar-refractivity contribution in [1.82, 2.24) is 0 Å². The molecule has 4 nitrogen and oxygen atoms in total. The Bertz CT molecular complexity index is 1040. The molecule has 29 heavy (non-hydrogen) atoms. The molecular formula is C21H15F3O4S. The van der Waals surface area contributed by atoms with E-state index >= 15 is 0 Å². The van der Waals surface area contributed by atoms with Gasteiger partial charge in [0.15, 0.2) is 0 Å². The molecule has 3 aromatic carbocycles. The zero-order valence-corrected chi connectivity index (χ0v) is 15.7. The highest BCUT2D eigenvalue weighted by molar-refractivity contribution is 7.87. The Morgan fingerprint density at radius 2 is 1.07 bits per heavy atom. The number of halogens is 3. The summed E-state index contributed by atoms with van der Waals surface area (Å²) in [7, 11) is -6.13. The first kappa shape index (κ1) is 20.8. The maximum atomic E-state index is 13.5. The van der Waals surface area contributed by atoms with Gasteiger partial charge in [-0.2, -0.15) is 21.6 Å². The zero-order valence-electron chi connectivity index (χ0n) is 14.8. The predicted octanol–water partition coefficient (Wildman–Crippen LogP) is 4.68. The van der Waals surface area contributed by atoms with Crippen LogP contribution in [0.25, 0.3) is 0 Å². The molecule has 0 unspecified atom stereocenters. The molecule has 3 aromatic rings. The summed E-state index contributed by atoms with van der Waals surface area (Å²) in [5.41, 5.74) is -8.37. The maximum Gasteiger partial charge on any atom is 0.523 e. The fourth-order valence-electron chi connectivity index (χ4n) is 2.91. The van der Waals surface area contributed by atoms with Crippen LogP contribution in [0, 0.1) is 0 Å². The van der Waals surface area contributed by atoms with Gasteiger partial charge in [-0.3, -0.25) is 4.79 Å². The summed E-state index contributed by atoms with van der Waals surface area (Å²) >= 11 is 0. The van der Waals surface area contributed by atoms with Gasteiger partial charge >= 0.3 is 15.6 Å². The van der Waals surface area contributed by atoms with Crippen LogP contribution in [0.5, 0.6) is 0 Å². The molecule has 0 aliphatic carbocycles. The van der Waals surface area contributed by atoms with Gasteiger partial charge in [-0.1, -0.05) is 91.0 Å². The van der Waals surface area contributed by atoms with Crippen molar-refractivity contribution >= 4 is 15.9 Å². The van der Waals surface area contributed by atoms with Gasteiger partial charge in [0.05, 0.1) is 0 Å². The number of Topliss-reactive ketones (excluding diaryl/α,β-unsaturated/α-hetero) is 1. The number of carbonyl (C=O) groups excluding carboxylic acids is 1. The van der Waals surface area contributed by atoms with E-state index in [2.05, 4.69) is 0 Å². The van der Waals surface area contributed by atoms with Crippen LogP contribution in [-0.4, -0.2) is 19.7 Å². The van der Waals surface area contributed by atoms with Crippen LogP contribution in [0.1, 0.15) is 21.5 Å². The molecule has 0 amide bonds. The molecule has 0 saturated carbocycles. The van der Waals surface area contributed by atoms with Crippen LogP contribution in [-0.2, 0) is 19.9 Å². The number of alkyl halides is 3. The van der Waals surface area contributed by atoms with Crippen molar-refractivity contribution in [2.75, 3.05) is 0 Å². The van der Waals surface area contributed by atoms with E-state index in [0.29, 0.717) is 0 Å². The van der Waals surface area contributed by atoms with E-state index in [0.717, 1.165) is 0 Å². The summed E-state index contributed by atoms with van der Waals surface area (Å²) in [6.45, 7) is 0. The fourth-order valence-corrected chi connectivity index (χ4v) is 3.60. The van der Waals surface area contributed by atoms with Crippen molar-refractivity contribution in [3.05, 3.63) is 108 Å². The molecule has 0 N–H and O–H groups in total. The quantitative estimate of drug-likeness (QED) is 0.330. The minimum Gasteiger partial charge on any atom is -0.290 e. The molecule has 0 aromatic heterocycles. The third-order valence-electron chi connectivity index (χ3n) is 4.23. The molecule has 8 heteroatoms. The minimum atomic E-state index is -6.13. The van der Waals surface area contributed by atoms with Crippen molar-refractivity contribution < 1.29 is 30.6 Å².